The fraction of sp³-hybridized carbons (Fsp3) is 0.348. The van der Waals surface area contributed by atoms with E-state index >= 15 is 0 Å². The molecular weight excluding hydrogens is 437 g/mol. The van der Waals surface area contributed by atoms with Crippen molar-refractivity contribution in [3.8, 4) is 11.5 Å². The van der Waals surface area contributed by atoms with Gasteiger partial charge in [-0.1, -0.05) is 18.2 Å². The third kappa shape index (κ3) is 5.00. The Morgan fingerprint density at radius 1 is 1.12 bits per heavy atom. The molecular formula is C23H23F3N4O3. The molecule has 10 heteroatoms. The summed E-state index contributed by atoms with van der Waals surface area (Å²) in [5, 5.41) is 6.79. The van der Waals surface area contributed by atoms with Crippen LogP contribution in [-0.2, 0) is 16.1 Å². The van der Waals surface area contributed by atoms with Gasteiger partial charge in [0.2, 0.25) is 12.3 Å². The number of halogens is 3. The minimum atomic E-state index is -2.91. The maximum atomic E-state index is 14.9. The highest BCUT2D eigenvalue weighted by molar-refractivity contribution is 5.84. The van der Waals surface area contributed by atoms with Gasteiger partial charge in [0.25, 0.3) is 5.89 Å². The van der Waals surface area contributed by atoms with Gasteiger partial charge in [0.05, 0.1) is 17.9 Å². The molecule has 1 saturated heterocycles. The monoisotopic (exact) mass is 460 g/mol. The SMILES string of the molecule is CN(c1ccccc1N(C=O)Cc1ccc(-c2nnc(C(F)F)o2)cc1F)C1CCOCC1. The van der Waals surface area contributed by atoms with Crippen molar-refractivity contribution >= 4 is 17.8 Å². The molecule has 1 aliphatic rings. The second kappa shape index (κ2) is 10.0. The zero-order chi connectivity index (χ0) is 23.4. The Morgan fingerprint density at radius 3 is 2.48 bits per heavy atom. The molecule has 1 aliphatic heterocycles. The van der Waals surface area contributed by atoms with Crippen LogP contribution < -0.4 is 9.80 Å². The normalized spacial score (nSPS) is 14.5. The first-order valence-electron chi connectivity index (χ1n) is 10.5. The number of benzene rings is 2. The number of carbonyl (C=O) groups is 1. The van der Waals surface area contributed by atoms with E-state index < -0.39 is 18.1 Å². The zero-order valence-electron chi connectivity index (χ0n) is 18.0. The van der Waals surface area contributed by atoms with Crippen LogP contribution in [0.3, 0.4) is 0 Å². The van der Waals surface area contributed by atoms with Crippen molar-refractivity contribution in [3.05, 3.63) is 59.7 Å². The standard InChI is InChI=1S/C23H23F3N4O3/c1-29(17-8-10-32-11-9-17)19-4-2-3-5-20(19)30(14-31)13-16-7-6-15(12-18(16)24)22-27-28-23(33-22)21(25)26/h2-7,12,14,17,21H,8-11,13H2,1H3. The van der Waals surface area contributed by atoms with E-state index in [9.17, 15) is 18.0 Å². The van der Waals surface area contributed by atoms with Gasteiger partial charge in [0.1, 0.15) is 5.82 Å². The molecule has 0 radical (unpaired) electrons. The Kier molecular flexibility index (Phi) is 6.93. The quantitative estimate of drug-likeness (QED) is 0.458. The lowest BCUT2D eigenvalue weighted by Gasteiger charge is -2.35. The van der Waals surface area contributed by atoms with E-state index in [-0.39, 0.29) is 29.6 Å². The minimum Gasteiger partial charge on any atom is -0.415 e. The third-order valence-electron chi connectivity index (χ3n) is 5.70. The van der Waals surface area contributed by atoms with Gasteiger partial charge in [-0.25, -0.2) is 4.39 Å². The maximum absolute atomic E-state index is 14.9. The third-order valence-corrected chi connectivity index (χ3v) is 5.70. The van der Waals surface area contributed by atoms with Crippen LogP contribution >= 0.6 is 0 Å². The largest absolute Gasteiger partial charge is 0.415 e. The smallest absolute Gasteiger partial charge is 0.314 e. The number of amides is 1. The van der Waals surface area contributed by atoms with E-state index in [1.54, 1.807) is 0 Å². The molecule has 7 nitrogen and oxygen atoms in total. The van der Waals surface area contributed by atoms with E-state index in [1.165, 1.54) is 17.0 Å². The summed E-state index contributed by atoms with van der Waals surface area (Å²) in [5.41, 5.74) is 1.94. The van der Waals surface area contributed by atoms with Crippen LogP contribution in [0.2, 0.25) is 0 Å². The fourth-order valence-corrected chi connectivity index (χ4v) is 3.89. The first kappa shape index (κ1) is 22.8. The Morgan fingerprint density at radius 2 is 1.85 bits per heavy atom. The number of nitrogens with zero attached hydrogens (tertiary/aromatic N) is 4. The number of hydrogen-bond acceptors (Lipinski definition) is 6. The molecule has 0 N–H and O–H groups in total. The van der Waals surface area contributed by atoms with E-state index in [2.05, 4.69) is 15.1 Å². The van der Waals surface area contributed by atoms with Gasteiger partial charge >= 0.3 is 6.43 Å². The lowest BCUT2D eigenvalue weighted by Crippen LogP contribution is -2.37. The summed E-state index contributed by atoms with van der Waals surface area (Å²) in [5.74, 6) is -1.65. The molecule has 1 aromatic heterocycles. The molecule has 174 valence electrons. The molecule has 2 heterocycles. The van der Waals surface area contributed by atoms with Gasteiger partial charge in [0, 0.05) is 37.4 Å². The summed E-state index contributed by atoms with van der Waals surface area (Å²) in [6.07, 6.45) is -0.483. The topological polar surface area (TPSA) is 71.7 Å². The van der Waals surface area contributed by atoms with E-state index in [0.29, 0.717) is 25.3 Å². The van der Waals surface area contributed by atoms with Crippen LogP contribution in [0.4, 0.5) is 24.5 Å². The van der Waals surface area contributed by atoms with Crippen LogP contribution in [0.1, 0.15) is 30.7 Å². The average molecular weight is 460 g/mol. The van der Waals surface area contributed by atoms with Gasteiger partial charge in [-0.05, 0) is 37.1 Å². The zero-order valence-corrected chi connectivity index (χ0v) is 18.0. The van der Waals surface area contributed by atoms with Crippen molar-refractivity contribution in [2.24, 2.45) is 0 Å². The molecule has 3 aromatic rings. The van der Waals surface area contributed by atoms with Gasteiger partial charge in [-0.2, -0.15) is 8.78 Å². The highest BCUT2D eigenvalue weighted by atomic mass is 19.3. The van der Waals surface area contributed by atoms with Crippen molar-refractivity contribution in [1.82, 2.24) is 10.2 Å². The van der Waals surface area contributed by atoms with Gasteiger partial charge < -0.3 is 19.0 Å². The molecule has 1 fully saturated rings. The van der Waals surface area contributed by atoms with Crippen LogP contribution in [0, 0.1) is 5.82 Å². The number of ether oxygens (including phenoxy) is 1. The molecule has 0 saturated carbocycles. The molecule has 1 amide bonds. The van der Waals surface area contributed by atoms with E-state index in [0.717, 1.165) is 24.6 Å². The second-order valence-corrected chi connectivity index (χ2v) is 7.73. The lowest BCUT2D eigenvalue weighted by molar-refractivity contribution is -0.107. The molecule has 33 heavy (non-hydrogen) atoms. The molecule has 0 atom stereocenters. The Hall–Kier alpha value is -3.40. The Labute approximate surface area is 188 Å². The van der Waals surface area contributed by atoms with Crippen molar-refractivity contribution in [2.45, 2.75) is 31.9 Å². The van der Waals surface area contributed by atoms with E-state index in [4.69, 9.17) is 9.15 Å². The number of rotatable bonds is 8. The van der Waals surface area contributed by atoms with Gasteiger partial charge in [-0.3, -0.25) is 4.79 Å². The van der Waals surface area contributed by atoms with Crippen LogP contribution in [0.25, 0.3) is 11.5 Å². The summed E-state index contributed by atoms with van der Waals surface area (Å²) >= 11 is 0. The van der Waals surface area contributed by atoms with Gasteiger partial charge in [-0.15, -0.1) is 10.2 Å². The minimum absolute atomic E-state index is 0.0135. The summed E-state index contributed by atoms with van der Waals surface area (Å²) < 4.78 is 50.5. The number of anilines is 2. The van der Waals surface area contributed by atoms with Crippen molar-refractivity contribution < 1.29 is 27.1 Å². The Balaban J connectivity index is 1.56. The molecule has 0 unspecified atom stereocenters. The average Bonchev–Trinajstić information content (AvgIpc) is 3.34. The number of aromatic nitrogens is 2. The van der Waals surface area contributed by atoms with Crippen molar-refractivity contribution in [3.63, 3.8) is 0 Å². The predicted molar refractivity (Wildman–Crippen MR) is 116 cm³/mol. The Bertz CT molecular complexity index is 1100. The molecule has 0 spiro atoms. The summed E-state index contributed by atoms with van der Waals surface area (Å²) in [6, 6.07) is 11.8. The van der Waals surface area contributed by atoms with Crippen molar-refractivity contribution in [2.75, 3.05) is 30.1 Å². The molecule has 2 aromatic carbocycles. The summed E-state index contributed by atoms with van der Waals surface area (Å²) in [6.45, 7) is 1.36. The first-order valence-corrected chi connectivity index (χ1v) is 10.5. The number of alkyl halides is 2. The summed E-state index contributed by atoms with van der Waals surface area (Å²) in [7, 11) is 1.98. The van der Waals surface area contributed by atoms with Gasteiger partial charge in [0.15, 0.2) is 0 Å². The van der Waals surface area contributed by atoms with Crippen LogP contribution in [-0.4, -0.2) is 42.9 Å². The summed E-state index contributed by atoms with van der Waals surface area (Å²) in [4.78, 5) is 15.6. The van der Waals surface area contributed by atoms with Crippen LogP contribution in [0.5, 0.6) is 0 Å². The predicted octanol–water partition coefficient (Wildman–Crippen LogP) is 4.59. The number of carbonyl (C=O) groups excluding carboxylic acids is 1. The molecule has 4 rings (SSSR count). The first-order chi connectivity index (χ1) is 16.0. The highest BCUT2D eigenvalue weighted by Gasteiger charge is 2.23. The number of para-hydroxylation sites is 2. The van der Waals surface area contributed by atoms with Crippen molar-refractivity contribution in [1.29, 1.82) is 0 Å². The second-order valence-electron chi connectivity index (χ2n) is 7.73. The van der Waals surface area contributed by atoms with E-state index in [1.807, 2.05) is 31.3 Å². The molecule has 0 bridgehead atoms. The molecule has 0 aliphatic carbocycles. The fourth-order valence-electron chi connectivity index (χ4n) is 3.89. The number of hydrogen-bond donors (Lipinski definition) is 0. The lowest BCUT2D eigenvalue weighted by atomic mass is 10.1. The van der Waals surface area contributed by atoms with Crippen LogP contribution in [0.15, 0.2) is 46.9 Å². The maximum Gasteiger partial charge on any atom is 0.314 e. The highest BCUT2D eigenvalue weighted by Crippen LogP contribution is 2.33.